The number of nitrogens with zero attached hydrogens (tertiary/aromatic N) is 4. The van der Waals surface area contributed by atoms with Crippen molar-refractivity contribution in [1.29, 1.82) is 5.26 Å². The standard InChI is InChI=1S/C20H17FN4O2/c1-26-18-8-5-15(9-19(18)27-2)11-23-20-17(10-22)24-13-25(20)12-14-3-6-16(21)7-4-14/h3-9,11,13H,12H2,1-2H3/b23-11+. The van der Waals surface area contributed by atoms with Gasteiger partial charge in [0, 0.05) is 6.21 Å². The molecule has 0 aliphatic heterocycles. The van der Waals surface area contributed by atoms with Gasteiger partial charge in [-0.1, -0.05) is 12.1 Å². The number of hydrogen-bond donors (Lipinski definition) is 0. The van der Waals surface area contributed by atoms with E-state index in [-0.39, 0.29) is 11.5 Å². The fraction of sp³-hybridized carbons (Fsp3) is 0.150. The molecule has 0 aliphatic carbocycles. The minimum absolute atomic E-state index is 0.217. The Bertz CT molecular complexity index is 1000. The number of halogens is 1. The highest BCUT2D eigenvalue weighted by Crippen LogP contribution is 2.27. The first-order valence-corrected chi connectivity index (χ1v) is 8.10. The van der Waals surface area contributed by atoms with Gasteiger partial charge in [0.1, 0.15) is 11.9 Å². The van der Waals surface area contributed by atoms with Crippen molar-refractivity contribution in [3.05, 3.63) is 71.4 Å². The number of aromatic nitrogens is 2. The third kappa shape index (κ3) is 4.12. The average Bonchev–Trinajstić information content (AvgIpc) is 3.09. The number of imidazole rings is 1. The van der Waals surface area contributed by atoms with Crippen molar-refractivity contribution in [1.82, 2.24) is 9.55 Å². The zero-order chi connectivity index (χ0) is 19.2. The molecule has 0 atom stereocenters. The normalized spacial score (nSPS) is 10.7. The van der Waals surface area contributed by atoms with E-state index in [1.165, 1.54) is 12.1 Å². The third-order valence-electron chi connectivity index (χ3n) is 3.93. The lowest BCUT2D eigenvalue weighted by Gasteiger charge is -2.08. The molecular formula is C20H17FN4O2. The summed E-state index contributed by atoms with van der Waals surface area (Å²) in [7, 11) is 3.13. The van der Waals surface area contributed by atoms with Gasteiger partial charge in [0.2, 0.25) is 0 Å². The van der Waals surface area contributed by atoms with Gasteiger partial charge in [-0.25, -0.2) is 14.4 Å². The first-order valence-electron chi connectivity index (χ1n) is 8.10. The number of benzene rings is 2. The zero-order valence-corrected chi connectivity index (χ0v) is 14.9. The van der Waals surface area contributed by atoms with Crippen LogP contribution in [0.4, 0.5) is 10.2 Å². The number of ether oxygens (including phenoxy) is 2. The van der Waals surface area contributed by atoms with Gasteiger partial charge in [0.05, 0.1) is 27.1 Å². The predicted octanol–water partition coefficient (Wildman–Crippen LogP) is 3.71. The maximum Gasteiger partial charge on any atom is 0.185 e. The zero-order valence-electron chi connectivity index (χ0n) is 14.9. The summed E-state index contributed by atoms with van der Waals surface area (Å²) in [6, 6.07) is 13.6. The van der Waals surface area contributed by atoms with Gasteiger partial charge >= 0.3 is 0 Å². The maximum atomic E-state index is 13.1. The van der Waals surface area contributed by atoms with E-state index < -0.39 is 0 Å². The summed E-state index contributed by atoms with van der Waals surface area (Å²) in [5.41, 5.74) is 1.88. The van der Waals surface area contributed by atoms with Crippen molar-refractivity contribution in [2.24, 2.45) is 4.99 Å². The summed E-state index contributed by atoms with van der Waals surface area (Å²) >= 11 is 0. The third-order valence-corrected chi connectivity index (χ3v) is 3.93. The van der Waals surface area contributed by atoms with E-state index in [0.717, 1.165) is 11.1 Å². The quantitative estimate of drug-likeness (QED) is 0.625. The van der Waals surface area contributed by atoms with E-state index in [4.69, 9.17) is 9.47 Å². The fourth-order valence-electron chi connectivity index (χ4n) is 2.56. The first-order chi connectivity index (χ1) is 13.1. The molecule has 0 bridgehead atoms. The maximum absolute atomic E-state index is 13.1. The van der Waals surface area contributed by atoms with Crippen LogP contribution in [0.15, 0.2) is 53.8 Å². The lowest BCUT2D eigenvalue weighted by Crippen LogP contribution is -1.98. The van der Waals surface area contributed by atoms with Crippen molar-refractivity contribution >= 4 is 12.0 Å². The van der Waals surface area contributed by atoms with Crippen LogP contribution in [0, 0.1) is 17.1 Å². The van der Waals surface area contributed by atoms with E-state index in [2.05, 4.69) is 9.98 Å². The van der Waals surface area contributed by atoms with Crippen molar-refractivity contribution in [3.8, 4) is 17.6 Å². The van der Waals surface area contributed by atoms with Gasteiger partial charge in [0.15, 0.2) is 23.0 Å². The Labute approximate surface area is 156 Å². The van der Waals surface area contributed by atoms with Crippen LogP contribution in [0.5, 0.6) is 11.5 Å². The second kappa shape index (κ2) is 8.15. The predicted molar refractivity (Wildman–Crippen MR) is 99.2 cm³/mol. The molecule has 0 radical (unpaired) electrons. The van der Waals surface area contributed by atoms with Crippen LogP contribution in [0.2, 0.25) is 0 Å². The van der Waals surface area contributed by atoms with Crippen LogP contribution in [-0.4, -0.2) is 30.0 Å². The number of methoxy groups -OCH3 is 2. The van der Waals surface area contributed by atoms with E-state index in [1.807, 2.05) is 12.1 Å². The Hall–Kier alpha value is -3.66. The van der Waals surface area contributed by atoms with Gasteiger partial charge in [-0.3, -0.25) is 0 Å². The van der Waals surface area contributed by atoms with Crippen LogP contribution in [0.25, 0.3) is 0 Å². The molecule has 0 N–H and O–H groups in total. The van der Waals surface area contributed by atoms with E-state index in [1.54, 1.807) is 55.6 Å². The van der Waals surface area contributed by atoms with Crippen LogP contribution in [0.1, 0.15) is 16.8 Å². The lowest BCUT2D eigenvalue weighted by molar-refractivity contribution is 0.355. The molecular weight excluding hydrogens is 347 g/mol. The molecule has 7 heteroatoms. The average molecular weight is 364 g/mol. The molecule has 0 fully saturated rings. The molecule has 0 unspecified atom stereocenters. The van der Waals surface area contributed by atoms with E-state index >= 15 is 0 Å². The Morgan fingerprint density at radius 2 is 1.89 bits per heavy atom. The van der Waals surface area contributed by atoms with Crippen molar-refractivity contribution in [2.75, 3.05) is 14.2 Å². The Morgan fingerprint density at radius 3 is 2.56 bits per heavy atom. The molecule has 6 nitrogen and oxygen atoms in total. The highest BCUT2D eigenvalue weighted by atomic mass is 19.1. The molecule has 0 saturated heterocycles. The topological polar surface area (TPSA) is 72.4 Å². The second-order valence-electron chi connectivity index (χ2n) is 5.66. The van der Waals surface area contributed by atoms with Gasteiger partial charge in [-0.05, 0) is 41.5 Å². The van der Waals surface area contributed by atoms with Crippen molar-refractivity contribution < 1.29 is 13.9 Å². The summed E-state index contributed by atoms with van der Waals surface area (Å²) in [5, 5.41) is 9.30. The number of hydrogen-bond acceptors (Lipinski definition) is 5. The Morgan fingerprint density at radius 1 is 1.15 bits per heavy atom. The highest BCUT2D eigenvalue weighted by Gasteiger charge is 2.10. The highest BCUT2D eigenvalue weighted by molar-refractivity contribution is 5.83. The molecule has 136 valence electrons. The summed E-state index contributed by atoms with van der Waals surface area (Å²) in [6.45, 7) is 0.424. The van der Waals surface area contributed by atoms with E-state index in [9.17, 15) is 9.65 Å². The van der Waals surface area contributed by atoms with Crippen LogP contribution in [-0.2, 0) is 6.54 Å². The van der Waals surface area contributed by atoms with Crippen molar-refractivity contribution in [3.63, 3.8) is 0 Å². The smallest absolute Gasteiger partial charge is 0.185 e. The first kappa shape index (κ1) is 18.1. The van der Waals surface area contributed by atoms with Gasteiger partial charge in [-0.2, -0.15) is 5.26 Å². The Balaban J connectivity index is 1.90. The summed E-state index contributed by atoms with van der Waals surface area (Å²) in [4.78, 5) is 8.53. The molecule has 0 spiro atoms. The second-order valence-corrected chi connectivity index (χ2v) is 5.66. The summed E-state index contributed by atoms with van der Waals surface area (Å²) in [6.07, 6.45) is 3.17. The monoisotopic (exact) mass is 364 g/mol. The van der Waals surface area contributed by atoms with Crippen LogP contribution in [0.3, 0.4) is 0 Å². The summed E-state index contributed by atoms with van der Waals surface area (Å²) in [5.74, 6) is 1.33. The summed E-state index contributed by atoms with van der Waals surface area (Å²) < 4.78 is 25.3. The molecule has 0 aliphatic rings. The minimum Gasteiger partial charge on any atom is -0.493 e. The number of aliphatic imine (C=N–C) groups is 1. The minimum atomic E-state index is -0.297. The molecule has 0 amide bonds. The molecule has 1 heterocycles. The van der Waals surface area contributed by atoms with Gasteiger partial charge in [0.25, 0.3) is 0 Å². The molecule has 27 heavy (non-hydrogen) atoms. The molecule has 1 aromatic heterocycles. The SMILES string of the molecule is COc1ccc(/C=N/c2c(C#N)ncn2Cc2ccc(F)cc2)cc1OC. The largest absolute Gasteiger partial charge is 0.493 e. The molecule has 3 aromatic rings. The van der Waals surface area contributed by atoms with Gasteiger partial charge < -0.3 is 14.0 Å². The van der Waals surface area contributed by atoms with Crippen LogP contribution < -0.4 is 9.47 Å². The number of rotatable bonds is 6. The fourth-order valence-corrected chi connectivity index (χ4v) is 2.56. The van der Waals surface area contributed by atoms with E-state index in [0.29, 0.717) is 23.9 Å². The molecule has 2 aromatic carbocycles. The van der Waals surface area contributed by atoms with Gasteiger partial charge in [-0.15, -0.1) is 0 Å². The number of nitriles is 1. The van der Waals surface area contributed by atoms with Crippen LogP contribution >= 0.6 is 0 Å². The van der Waals surface area contributed by atoms with Crippen molar-refractivity contribution in [2.45, 2.75) is 6.54 Å². The molecule has 0 saturated carbocycles. The lowest BCUT2D eigenvalue weighted by atomic mass is 10.2. The molecule has 3 rings (SSSR count). The Kier molecular flexibility index (Phi) is 5.47.